The van der Waals surface area contributed by atoms with Crippen LogP contribution in [0.15, 0.2) is 48.1 Å². The summed E-state index contributed by atoms with van der Waals surface area (Å²) in [4.78, 5) is 32.1. The third-order valence-corrected chi connectivity index (χ3v) is 7.62. The van der Waals surface area contributed by atoms with Crippen molar-refractivity contribution in [3.8, 4) is 10.6 Å². The number of aryl methyl sites for hydroxylation is 1. The number of cyclic esters (lactones) is 1. The second-order valence-corrected chi connectivity index (χ2v) is 10.5. The Morgan fingerprint density at radius 3 is 2.59 bits per heavy atom. The van der Waals surface area contributed by atoms with E-state index >= 15 is 0 Å². The van der Waals surface area contributed by atoms with Gasteiger partial charge in [-0.05, 0) is 45.1 Å². The molecule has 0 unspecified atom stereocenters. The van der Waals surface area contributed by atoms with Gasteiger partial charge in [0.1, 0.15) is 16.3 Å². The van der Waals surface area contributed by atoms with E-state index in [2.05, 4.69) is 27.5 Å². The number of ether oxygens (including phenoxy) is 1. The normalized spacial score (nSPS) is 24.1. The van der Waals surface area contributed by atoms with Crippen LogP contribution in [-0.2, 0) is 11.8 Å². The quantitative estimate of drug-likeness (QED) is 0.580. The predicted octanol–water partition coefficient (Wildman–Crippen LogP) is 4.56. The van der Waals surface area contributed by atoms with Gasteiger partial charge < -0.3 is 10.1 Å². The molecule has 2 aromatic heterocycles. The summed E-state index contributed by atoms with van der Waals surface area (Å²) in [5.74, 6) is -0.154. The van der Waals surface area contributed by atoms with Crippen molar-refractivity contribution in [2.45, 2.75) is 63.3 Å². The van der Waals surface area contributed by atoms with Crippen molar-refractivity contribution in [1.29, 1.82) is 0 Å². The zero-order valence-electron chi connectivity index (χ0n) is 19.6. The number of rotatable bonds is 5. The van der Waals surface area contributed by atoms with Crippen LogP contribution in [0.3, 0.4) is 0 Å². The van der Waals surface area contributed by atoms with Gasteiger partial charge in [0.25, 0.3) is 5.91 Å². The fourth-order valence-corrected chi connectivity index (χ4v) is 5.91. The molecule has 0 bridgehead atoms. The Bertz CT molecular complexity index is 1180. The number of benzene rings is 1. The summed E-state index contributed by atoms with van der Waals surface area (Å²) in [6, 6.07) is 10.1. The van der Waals surface area contributed by atoms with E-state index < -0.39 is 5.60 Å². The lowest BCUT2D eigenvalue weighted by atomic mass is 9.86. The van der Waals surface area contributed by atoms with Crippen LogP contribution in [-0.4, -0.2) is 49.3 Å². The lowest BCUT2D eigenvalue weighted by Gasteiger charge is -2.38. The number of carbonyl (C=O) groups is 2. The zero-order valence-corrected chi connectivity index (χ0v) is 20.4. The van der Waals surface area contributed by atoms with E-state index in [1.807, 2.05) is 50.2 Å². The molecule has 3 aromatic rings. The van der Waals surface area contributed by atoms with Crippen molar-refractivity contribution in [3.05, 3.63) is 59.4 Å². The smallest absolute Gasteiger partial charge is 0.411 e. The van der Waals surface area contributed by atoms with Crippen LogP contribution in [0.1, 0.15) is 61.6 Å². The van der Waals surface area contributed by atoms with Gasteiger partial charge in [0.15, 0.2) is 0 Å². The molecule has 3 heterocycles. The van der Waals surface area contributed by atoms with E-state index in [9.17, 15) is 9.59 Å². The minimum Gasteiger partial charge on any atom is -0.441 e. The topological polar surface area (TPSA) is 89.4 Å². The Morgan fingerprint density at radius 1 is 1.18 bits per heavy atom. The summed E-state index contributed by atoms with van der Waals surface area (Å²) in [5, 5.41) is 9.87. The molecule has 0 spiro atoms. The lowest BCUT2D eigenvalue weighted by molar-refractivity contribution is 0.0663. The van der Waals surface area contributed by atoms with Gasteiger partial charge in [-0.15, -0.1) is 11.3 Å². The van der Waals surface area contributed by atoms with Gasteiger partial charge in [0.2, 0.25) is 0 Å². The first-order valence-corrected chi connectivity index (χ1v) is 12.5. The van der Waals surface area contributed by atoms with Crippen LogP contribution in [0.2, 0.25) is 0 Å². The van der Waals surface area contributed by atoms with E-state index in [1.165, 1.54) is 11.3 Å². The molecule has 1 saturated carbocycles. The number of carbonyl (C=O) groups excluding carboxylic acids is 2. The highest BCUT2D eigenvalue weighted by molar-refractivity contribution is 7.13. The summed E-state index contributed by atoms with van der Waals surface area (Å²) >= 11 is 1.44. The van der Waals surface area contributed by atoms with Crippen molar-refractivity contribution in [2.75, 3.05) is 0 Å². The van der Waals surface area contributed by atoms with Gasteiger partial charge in [-0.25, -0.2) is 9.78 Å². The Hall–Kier alpha value is -3.20. The van der Waals surface area contributed by atoms with Crippen molar-refractivity contribution in [1.82, 2.24) is 25.0 Å². The molecule has 2 fully saturated rings. The monoisotopic (exact) mass is 479 g/mol. The number of hydrogen-bond donors (Lipinski definition) is 1. The molecular formula is C25H29N5O3S. The van der Waals surface area contributed by atoms with Crippen molar-refractivity contribution in [3.63, 3.8) is 0 Å². The van der Waals surface area contributed by atoms with Gasteiger partial charge in [0.05, 0.1) is 12.2 Å². The van der Waals surface area contributed by atoms with Crippen molar-refractivity contribution >= 4 is 23.3 Å². The van der Waals surface area contributed by atoms with Gasteiger partial charge in [0, 0.05) is 36.3 Å². The van der Waals surface area contributed by atoms with E-state index in [0.717, 1.165) is 41.8 Å². The summed E-state index contributed by atoms with van der Waals surface area (Å²) in [6.07, 6.45) is 6.62. The van der Waals surface area contributed by atoms with Crippen LogP contribution in [0.5, 0.6) is 0 Å². The molecule has 2 aliphatic rings. The molecule has 8 nitrogen and oxygen atoms in total. The minimum absolute atomic E-state index is 0.0640. The molecule has 34 heavy (non-hydrogen) atoms. The Kier molecular flexibility index (Phi) is 5.89. The lowest BCUT2D eigenvalue weighted by Crippen LogP contribution is -2.46. The van der Waals surface area contributed by atoms with Crippen LogP contribution in [0.25, 0.3) is 10.6 Å². The average Bonchev–Trinajstić information content (AvgIpc) is 3.52. The third-order valence-electron chi connectivity index (χ3n) is 6.73. The van der Waals surface area contributed by atoms with Crippen LogP contribution in [0, 0.1) is 0 Å². The molecule has 178 valence electrons. The average molecular weight is 480 g/mol. The summed E-state index contributed by atoms with van der Waals surface area (Å²) in [6.45, 7) is 3.95. The van der Waals surface area contributed by atoms with E-state index in [1.54, 1.807) is 16.3 Å². The zero-order chi connectivity index (χ0) is 23.9. The molecule has 1 N–H and O–H groups in total. The van der Waals surface area contributed by atoms with Crippen LogP contribution >= 0.6 is 11.3 Å². The maximum absolute atomic E-state index is 12.9. The van der Waals surface area contributed by atoms with E-state index in [4.69, 9.17) is 4.74 Å². The number of nitrogens with one attached hydrogen (secondary N) is 1. The SMILES string of the molecule is Cn1cc(-c2nc(C(=O)NC3CCC(N4C(=O)OC(C)(C)[C@@H]4c4ccccc4)CC3)cs2)cn1. The molecule has 2 amide bonds. The molecule has 1 saturated heterocycles. The van der Waals surface area contributed by atoms with E-state index in [0.29, 0.717) is 5.69 Å². The number of thiazole rings is 1. The third kappa shape index (κ3) is 4.32. The number of hydrogen-bond acceptors (Lipinski definition) is 6. The van der Waals surface area contributed by atoms with Crippen molar-refractivity contribution < 1.29 is 14.3 Å². The highest BCUT2D eigenvalue weighted by Gasteiger charge is 2.51. The number of amides is 2. The summed E-state index contributed by atoms with van der Waals surface area (Å²) in [7, 11) is 1.85. The highest BCUT2D eigenvalue weighted by atomic mass is 32.1. The molecular weight excluding hydrogens is 450 g/mol. The maximum atomic E-state index is 12.9. The molecule has 9 heteroatoms. The first-order valence-electron chi connectivity index (χ1n) is 11.6. The standard InChI is InChI=1S/C25H29N5O3S/c1-25(2)21(16-7-5-4-6-8-16)30(24(32)33-25)19-11-9-18(10-12-19)27-22(31)20-15-34-23(28-20)17-13-26-29(3)14-17/h4-8,13-15,18-19,21H,9-12H2,1-3H3,(H,27,31)/t18?,19?,21-/m0/s1. The number of nitrogens with zero attached hydrogens (tertiary/aromatic N) is 4. The summed E-state index contributed by atoms with van der Waals surface area (Å²) in [5.41, 5.74) is 1.82. The Balaban J connectivity index is 1.22. The molecule has 1 atom stereocenters. The molecule has 5 rings (SSSR count). The highest BCUT2D eigenvalue weighted by Crippen LogP contribution is 2.44. The molecule has 1 aromatic carbocycles. The van der Waals surface area contributed by atoms with Gasteiger partial charge in [-0.2, -0.15) is 5.10 Å². The molecule has 1 aliphatic heterocycles. The fourth-order valence-electron chi connectivity index (χ4n) is 5.13. The second-order valence-electron chi connectivity index (χ2n) is 9.61. The van der Waals surface area contributed by atoms with E-state index in [-0.39, 0.29) is 30.1 Å². The van der Waals surface area contributed by atoms with Crippen LogP contribution in [0.4, 0.5) is 4.79 Å². The maximum Gasteiger partial charge on any atom is 0.411 e. The van der Waals surface area contributed by atoms with Gasteiger partial charge in [-0.3, -0.25) is 14.4 Å². The number of aromatic nitrogens is 3. The summed E-state index contributed by atoms with van der Waals surface area (Å²) < 4.78 is 7.49. The first kappa shape index (κ1) is 22.6. The Labute approximate surface area is 202 Å². The second kappa shape index (κ2) is 8.87. The van der Waals surface area contributed by atoms with Gasteiger partial charge >= 0.3 is 6.09 Å². The van der Waals surface area contributed by atoms with Crippen molar-refractivity contribution in [2.24, 2.45) is 7.05 Å². The first-order chi connectivity index (χ1) is 16.3. The Morgan fingerprint density at radius 2 is 1.91 bits per heavy atom. The van der Waals surface area contributed by atoms with Crippen LogP contribution < -0.4 is 5.32 Å². The molecule has 0 radical (unpaired) electrons. The largest absolute Gasteiger partial charge is 0.441 e. The minimum atomic E-state index is -0.597. The van der Waals surface area contributed by atoms with Gasteiger partial charge in [-0.1, -0.05) is 30.3 Å². The predicted molar refractivity (Wildman–Crippen MR) is 129 cm³/mol. The fraction of sp³-hybridized carbons (Fsp3) is 0.440. The molecule has 1 aliphatic carbocycles.